The van der Waals surface area contributed by atoms with E-state index in [1.165, 1.54) is 0 Å². The van der Waals surface area contributed by atoms with Gasteiger partial charge in [-0.15, -0.1) is 0 Å². The van der Waals surface area contributed by atoms with Crippen molar-refractivity contribution in [2.45, 2.75) is 6.54 Å². The minimum absolute atomic E-state index is 0.488. The van der Waals surface area contributed by atoms with E-state index < -0.39 is 0 Å². The fourth-order valence-electron chi connectivity index (χ4n) is 2.47. The maximum Gasteiger partial charge on any atom is 0.157 e. The molecule has 0 saturated carbocycles. The first-order valence-corrected chi connectivity index (χ1v) is 6.99. The number of methoxy groups -OCH3 is 1. The van der Waals surface area contributed by atoms with Crippen LogP contribution in [0.5, 0.6) is 5.75 Å². The SMILES string of the molecule is COc1ccc(-c2cn3cc(N)nc3cn2)cc1CN(C)C. The molecule has 0 bridgehead atoms. The van der Waals surface area contributed by atoms with E-state index in [9.17, 15) is 0 Å². The molecule has 0 aliphatic heterocycles. The van der Waals surface area contributed by atoms with Crippen LogP contribution >= 0.6 is 0 Å². The van der Waals surface area contributed by atoms with Crippen molar-refractivity contribution >= 4 is 11.5 Å². The van der Waals surface area contributed by atoms with Gasteiger partial charge in [-0.05, 0) is 32.3 Å². The number of aromatic nitrogens is 3. The van der Waals surface area contributed by atoms with Gasteiger partial charge in [0.2, 0.25) is 0 Å². The van der Waals surface area contributed by atoms with Crippen molar-refractivity contribution in [1.29, 1.82) is 0 Å². The Hall–Kier alpha value is -2.60. The van der Waals surface area contributed by atoms with E-state index in [-0.39, 0.29) is 0 Å². The Balaban J connectivity index is 2.05. The topological polar surface area (TPSA) is 68.7 Å². The number of fused-ring (bicyclic) bond motifs is 1. The summed E-state index contributed by atoms with van der Waals surface area (Å²) in [6.45, 7) is 0.803. The van der Waals surface area contributed by atoms with E-state index in [4.69, 9.17) is 10.5 Å². The number of imidazole rings is 1. The summed E-state index contributed by atoms with van der Waals surface area (Å²) in [7, 11) is 5.75. The first-order valence-electron chi connectivity index (χ1n) is 6.99. The van der Waals surface area contributed by atoms with Gasteiger partial charge < -0.3 is 19.8 Å². The van der Waals surface area contributed by atoms with Crippen molar-refractivity contribution in [2.75, 3.05) is 26.9 Å². The molecular weight excluding hydrogens is 278 g/mol. The van der Waals surface area contributed by atoms with Gasteiger partial charge in [-0.25, -0.2) is 4.98 Å². The summed E-state index contributed by atoms with van der Waals surface area (Å²) >= 11 is 0. The molecule has 0 unspecified atom stereocenters. The molecule has 6 heteroatoms. The largest absolute Gasteiger partial charge is 0.496 e. The van der Waals surface area contributed by atoms with E-state index >= 15 is 0 Å². The number of hydrogen-bond acceptors (Lipinski definition) is 5. The monoisotopic (exact) mass is 297 g/mol. The molecule has 2 heterocycles. The lowest BCUT2D eigenvalue weighted by Crippen LogP contribution is -2.11. The molecule has 0 atom stereocenters. The van der Waals surface area contributed by atoms with Gasteiger partial charge in [-0.3, -0.25) is 4.98 Å². The molecule has 6 nitrogen and oxygen atoms in total. The standard InChI is InChI=1S/C16H19N5O/c1-20(2)8-12-6-11(4-5-14(12)22-3)13-9-21-10-15(17)19-16(21)7-18-13/h4-7,9-10H,8,17H2,1-3H3. The zero-order valence-corrected chi connectivity index (χ0v) is 12.9. The van der Waals surface area contributed by atoms with Gasteiger partial charge in [-0.2, -0.15) is 0 Å². The molecule has 0 spiro atoms. The second-order valence-corrected chi connectivity index (χ2v) is 5.47. The van der Waals surface area contributed by atoms with Crippen LogP contribution in [0.15, 0.2) is 36.8 Å². The molecule has 0 aliphatic rings. The van der Waals surface area contributed by atoms with Crippen LogP contribution < -0.4 is 10.5 Å². The maximum atomic E-state index is 5.71. The quantitative estimate of drug-likeness (QED) is 0.798. The minimum atomic E-state index is 0.488. The Morgan fingerprint density at radius 3 is 2.82 bits per heavy atom. The molecule has 0 fully saturated rings. The van der Waals surface area contributed by atoms with Crippen molar-refractivity contribution < 1.29 is 4.74 Å². The minimum Gasteiger partial charge on any atom is -0.496 e. The molecule has 3 rings (SSSR count). The van der Waals surface area contributed by atoms with Crippen molar-refractivity contribution in [2.24, 2.45) is 0 Å². The molecule has 0 radical (unpaired) electrons. The number of rotatable bonds is 4. The summed E-state index contributed by atoms with van der Waals surface area (Å²) in [6.07, 6.45) is 5.44. The number of nitrogens with zero attached hydrogens (tertiary/aromatic N) is 4. The fraction of sp³-hybridized carbons (Fsp3) is 0.250. The molecule has 2 aromatic heterocycles. The average Bonchev–Trinajstić information content (AvgIpc) is 2.85. The second-order valence-electron chi connectivity index (χ2n) is 5.47. The van der Waals surface area contributed by atoms with E-state index in [1.807, 2.05) is 36.8 Å². The molecule has 1 aromatic carbocycles. The molecule has 2 N–H and O–H groups in total. The molecular formula is C16H19N5O. The molecule has 0 amide bonds. The van der Waals surface area contributed by atoms with Gasteiger partial charge in [-0.1, -0.05) is 0 Å². The molecule has 3 aromatic rings. The summed E-state index contributed by atoms with van der Waals surface area (Å²) < 4.78 is 7.31. The first kappa shape index (κ1) is 14.3. The number of benzene rings is 1. The Morgan fingerprint density at radius 1 is 1.27 bits per heavy atom. The third-order valence-corrected chi connectivity index (χ3v) is 3.42. The van der Waals surface area contributed by atoms with Gasteiger partial charge in [0.1, 0.15) is 11.6 Å². The predicted octanol–water partition coefficient (Wildman–Crippen LogP) is 2.05. The number of ether oxygens (including phenoxy) is 1. The zero-order valence-electron chi connectivity index (χ0n) is 12.9. The number of nitrogen functional groups attached to an aromatic ring is 1. The Morgan fingerprint density at radius 2 is 2.09 bits per heavy atom. The zero-order chi connectivity index (χ0) is 15.7. The summed E-state index contributed by atoms with van der Waals surface area (Å²) in [5, 5.41) is 0. The third kappa shape index (κ3) is 2.73. The summed E-state index contributed by atoms with van der Waals surface area (Å²) in [6, 6.07) is 6.09. The third-order valence-electron chi connectivity index (χ3n) is 3.42. The molecule has 22 heavy (non-hydrogen) atoms. The van der Waals surface area contributed by atoms with E-state index in [0.29, 0.717) is 5.82 Å². The van der Waals surface area contributed by atoms with Crippen LogP contribution in [0.1, 0.15) is 5.56 Å². The highest BCUT2D eigenvalue weighted by Gasteiger charge is 2.09. The van der Waals surface area contributed by atoms with Crippen molar-refractivity contribution in [3.63, 3.8) is 0 Å². The van der Waals surface area contributed by atoms with Crippen LogP contribution in [0.2, 0.25) is 0 Å². The second kappa shape index (κ2) is 5.65. The van der Waals surface area contributed by atoms with Crippen molar-refractivity contribution in [1.82, 2.24) is 19.3 Å². The summed E-state index contributed by atoms with van der Waals surface area (Å²) in [5.74, 6) is 1.37. The van der Waals surface area contributed by atoms with Gasteiger partial charge in [0.25, 0.3) is 0 Å². The normalized spacial score (nSPS) is 11.3. The van der Waals surface area contributed by atoms with Crippen LogP contribution in [-0.2, 0) is 6.54 Å². The van der Waals surface area contributed by atoms with Gasteiger partial charge in [0.05, 0.1) is 25.2 Å². The number of anilines is 1. The van der Waals surface area contributed by atoms with E-state index in [2.05, 4.69) is 20.9 Å². The molecule has 0 saturated heterocycles. The number of hydrogen-bond donors (Lipinski definition) is 1. The molecule has 0 aliphatic carbocycles. The van der Waals surface area contributed by atoms with Gasteiger partial charge in [0.15, 0.2) is 5.65 Å². The smallest absolute Gasteiger partial charge is 0.157 e. The predicted molar refractivity (Wildman–Crippen MR) is 86.8 cm³/mol. The van der Waals surface area contributed by atoms with Crippen molar-refractivity contribution in [3.05, 3.63) is 42.4 Å². The Kier molecular flexibility index (Phi) is 3.68. The highest BCUT2D eigenvalue weighted by atomic mass is 16.5. The number of nitrogens with two attached hydrogens (primary N) is 1. The lowest BCUT2D eigenvalue weighted by atomic mass is 10.1. The Bertz CT molecular complexity index is 809. The summed E-state index contributed by atoms with van der Waals surface area (Å²) in [5.41, 5.74) is 9.48. The van der Waals surface area contributed by atoms with Gasteiger partial charge in [0, 0.05) is 23.9 Å². The van der Waals surface area contributed by atoms with Crippen molar-refractivity contribution in [3.8, 4) is 17.0 Å². The van der Waals surface area contributed by atoms with Crippen LogP contribution in [-0.4, -0.2) is 40.5 Å². The summed E-state index contributed by atoms with van der Waals surface area (Å²) in [4.78, 5) is 10.8. The lowest BCUT2D eigenvalue weighted by Gasteiger charge is -2.14. The van der Waals surface area contributed by atoms with E-state index in [1.54, 1.807) is 19.5 Å². The Labute approximate surface area is 129 Å². The average molecular weight is 297 g/mol. The van der Waals surface area contributed by atoms with Crippen LogP contribution in [0.25, 0.3) is 16.9 Å². The van der Waals surface area contributed by atoms with E-state index in [0.717, 1.165) is 34.8 Å². The fourth-order valence-corrected chi connectivity index (χ4v) is 2.47. The van der Waals surface area contributed by atoms with Crippen LogP contribution in [0.3, 0.4) is 0 Å². The first-order chi connectivity index (χ1) is 10.6. The van der Waals surface area contributed by atoms with Crippen LogP contribution in [0.4, 0.5) is 5.82 Å². The van der Waals surface area contributed by atoms with Crippen LogP contribution in [0, 0.1) is 0 Å². The highest BCUT2D eigenvalue weighted by molar-refractivity contribution is 5.63. The van der Waals surface area contributed by atoms with Gasteiger partial charge >= 0.3 is 0 Å². The highest BCUT2D eigenvalue weighted by Crippen LogP contribution is 2.26. The molecule has 114 valence electrons. The maximum absolute atomic E-state index is 5.71. The lowest BCUT2D eigenvalue weighted by molar-refractivity contribution is 0.372.